The fourth-order valence-corrected chi connectivity index (χ4v) is 5.54. The Morgan fingerprint density at radius 1 is 0.550 bits per heavy atom. The Bertz CT molecular complexity index is 1170. The second-order valence-corrected chi connectivity index (χ2v) is 11.5. The molecule has 0 aliphatic carbocycles. The van der Waals surface area contributed by atoms with Gasteiger partial charge in [-0.05, 0) is 99.6 Å². The molecule has 0 aromatic heterocycles. The summed E-state index contributed by atoms with van der Waals surface area (Å²) in [6.45, 7) is 21.5. The highest BCUT2D eigenvalue weighted by Crippen LogP contribution is 2.25. The van der Waals surface area contributed by atoms with Crippen molar-refractivity contribution in [2.45, 2.75) is 74.0 Å². The molecule has 2 N–H and O–H groups in total. The van der Waals surface area contributed by atoms with Crippen LogP contribution in [-0.4, -0.2) is 64.2 Å². The number of hydrogen-bond acceptors (Lipinski definition) is 5. The molecule has 0 saturated carbocycles. The quantitative estimate of drug-likeness (QED) is 0.204. The van der Waals surface area contributed by atoms with E-state index in [1.54, 1.807) is 12.1 Å². The average Bonchev–Trinajstić information content (AvgIpc) is 2.90. The van der Waals surface area contributed by atoms with Gasteiger partial charge in [-0.3, -0.25) is 14.7 Å². The number of phenolic OH excluding ortho intramolecular Hbond substituents is 2. The highest BCUT2D eigenvalue weighted by atomic mass is 16.3. The van der Waals surface area contributed by atoms with E-state index in [9.17, 15) is 10.2 Å². The van der Waals surface area contributed by atoms with Crippen LogP contribution in [0.3, 0.4) is 0 Å². The van der Waals surface area contributed by atoms with Crippen molar-refractivity contribution in [2.24, 2.45) is 0 Å². The van der Waals surface area contributed by atoms with Crippen molar-refractivity contribution in [1.82, 2.24) is 14.7 Å². The first-order valence-corrected chi connectivity index (χ1v) is 15.0. The standard InChI is InChI=1S/C35H51N3O2/c1-7-15-36(25-32-12-9-27(3)21-29(32)5)17-19-38(24-31-10-13-33(39)14-11-31)20-18-37(16-8-2)26-34-30(6)22-28(4)23-35(34)40/h9-14,21-23,39-40H,7-8,15-20,24-26H2,1-6H3. The van der Waals surface area contributed by atoms with Gasteiger partial charge in [-0.1, -0.05) is 55.8 Å². The molecule has 0 radical (unpaired) electrons. The lowest BCUT2D eigenvalue weighted by Gasteiger charge is -2.31. The van der Waals surface area contributed by atoms with Gasteiger partial charge in [0.15, 0.2) is 0 Å². The highest BCUT2D eigenvalue weighted by molar-refractivity contribution is 5.42. The van der Waals surface area contributed by atoms with E-state index in [0.29, 0.717) is 11.5 Å². The minimum Gasteiger partial charge on any atom is -0.508 e. The van der Waals surface area contributed by atoms with Crippen LogP contribution in [0.4, 0.5) is 0 Å². The summed E-state index contributed by atoms with van der Waals surface area (Å²) in [5, 5.41) is 20.5. The fraction of sp³-hybridized carbons (Fsp3) is 0.486. The van der Waals surface area contributed by atoms with E-state index in [1.165, 1.54) is 22.3 Å². The van der Waals surface area contributed by atoms with Gasteiger partial charge in [0.1, 0.15) is 11.5 Å². The molecular weight excluding hydrogens is 494 g/mol. The van der Waals surface area contributed by atoms with Crippen LogP contribution in [-0.2, 0) is 19.6 Å². The molecule has 0 atom stereocenters. The summed E-state index contributed by atoms with van der Waals surface area (Å²) < 4.78 is 0. The van der Waals surface area contributed by atoms with Gasteiger partial charge < -0.3 is 10.2 Å². The number of rotatable bonds is 16. The summed E-state index contributed by atoms with van der Waals surface area (Å²) in [6, 6.07) is 18.4. The number of aromatic hydroxyl groups is 2. The molecule has 5 nitrogen and oxygen atoms in total. The van der Waals surface area contributed by atoms with Gasteiger partial charge in [-0.25, -0.2) is 0 Å². The number of benzene rings is 3. The van der Waals surface area contributed by atoms with Gasteiger partial charge in [-0.2, -0.15) is 0 Å². The topological polar surface area (TPSA) is 50.2 Å². The number of hydrogen-bond donors (Lipinski definition) is 2. The van der Waals surface area contributed by atoms with E-state index in [2.05, 4.69) is 73.6 Å². The summed E-state index contributed by atoms with van der Waals surface area (Å²) in [6.07, 6.45) is 2.20. The Labute approximate surface area is 243 Å². The zero-order chi connectivity index (χ0) is 29.1. The fourth-order valence-electron chi connectivity index (χ4n) is 5.54. The van der Waals surface area contributed by atoms with Crippen molar-refractivity contribution in [3.63, 3.8) is 0 Å². The number of phenols is 2. The Morgan fingerprint density at radius 3 is 1.65 bits per heavy atom. The molecule has 0 aliphatic rings. The minimum atomic E-state index is 0.306. The Hall–Kier alpha value is -2.86. The molecule has 0 amide bonds. The van der Waals surface area contributed by atoms with Gasteiger partial charge >= 0.3 is 0 Å². The summed E-state index contributed by atoms with van der Waals surface area (Å²) in [5.74, 6) is 0.710. The molecule has 218 valence electrons. The molecule has 5 heteroatoms. The first kappa shape index (κ1) is 31.7. The molecule has 0 aliphatic heterocycles. The van der Waals surface area contributed by atoms with Crippen LogP contribution in [0.1, 0.15) is 65.6 Å². The molecule has 0 bridgehead atoms. The van der Waals surface area contributed by atoms with Crippen molar-refractivity contribution in [3.05, 3.63) is 93.5 Å². The molecule has 3 rings (SSSR count). The third kappa shape index (κ3) is 9.96. The third-order valence-corrected chi connectivity index (χ3v) is 7.75. The summed E-state index contributed by atoms with van der Waals surface area (Å²) in [5.41, 5.74) is 8.59. The maximum Gasteiger partial charge on any atom is 0.120 e. The van der Waals surface area contributed by atoms with Crippen LogP contribution < -0.4 is 0 Å². The smallest absolute Gasteiger partial charge is 0.120 e. The van der Waals surface area contributed by atoms with E-state index in [0.717, 1.165) is 88.4 Å². The van der Waals surface area contributed by atoms with Gasteiger partial charge in [-0.15, -0.1) is 0 Å². The first-order valence-electron chi connectivity index (χ1n) is 15.0. The van der Waals surface area contributed by atoms with Crippen molar-refractivity contribution in [3.8, 4) is 11.5 Å². The van der Waals surface area contributed by atoms with Crippen LogP contribution in [0, 0.1) is 27.7 Å². The normalized spacial score (nSPS) is 11.7. The molecule has 0 spiro atoms. The van der Waals surface area contributed by atoms with Crippen molar-refractivity contribution >= 4 is 0 Å². The van der Waals surface area contributed by atoms with Gasteiger partial charge in [0, 0.05) is 51.4 Å². The largest absolute Gasteiger partial charge is 0.508 e. The maximum absolute atomic E-state index is 10.7. The maximum atomic E-state index is 10.7. The molecule has 40 heavy (non-hydrogen) atoms. The predicted molar refractivity (Wildman–Crippen MR) is 168 cm³/mol. The minimum absolute atomic E-state index is 0.306. The van der Waals surface area contributed by atoms with E-state index in [4.69, 9.17) is 0 Å². The Morgan fingerprint density at radius 2 is 1.10 bits per heavy atom. The van der Waals surface area contributed by atoms with E-state index >= 15 is 0 Å². The monoisotopic (exact) mass is 545 g/mol. The van der Waals surface area contributed by atoms with E-state index in [-0.39, 0.29) is 0 Å². The lowest BCUT2D eigenvalue weighted by atomic mass is 10.0. The average molecular weight is 546 g/mol. The second kappa shape index (κ2) is 15.8. The Balaban J connectivity index is 1.72. The van der Waals surface area contributed by atoms with Crippen LogP contribution >= 0.6 is 0 Å². The van der Waals surface area contributed by atoms with Crippen LogP contribution in [0.5, 0.6) is 11.5 Å². The van der Waals surface area contributed by atoms with Gasteiger partial charge in [0.25, 0.3) is 0 Å². The summed E-state index contributed by atoms with van der Waals surface area (Å²) >= 11 is 0. The lowest BCUT2D eigenvalue weighted by Crippen LogP contribution is -2.39. The zero-order valence-corrected chi connectivity index (χ0v) is 25.7. The van der Waals surface area contributed by atoms with Crippen molar-refractivity contribution < 1.29 is 10.2 Å². The SMILES string of the molecule is CCCN(CCN(CCN(CCC)Cc1c(C)cc(C)cc1O)Cc1ccc(O)cc1)Cc1ccc(C)cc1C. The van der Waals surface area contributed by atoms with E-state index in [1.807, 2.05) is 25.1 Å². The number of aryl methyl sites for hydroxylation is 4. The molecule has 0 heterocycles. The second-order valence-electron chi connectivity index (χ2n) is 11.5. The lowest BCUT2D eigenvalue weighted by molar-refractivity contribution is 0.163. The molecule has 0 unspecified atom stereocenters. The van der Waals surface area contributed by atoms with E-state index < -0.39 is 0 Å². The first-order chi connectivity index (χ1) is 19.2. The van der Waals surface area contributed by atoms with Crippen LogP contribution in [0.15, 0.2) is 54.6 Å². The van der Waals surface area contributed by atoms with Crippen molar-refractivity contribution in [2.75, 3.05) is 39.3 Å². The predicted octanol–water partition coefficient (Wildman–Crippen LogP) is 6.96. The van der Waals surface area contributed by atoms with Gasteiger partial charge in [0.05, 0.1) is 0 Å². The van der Waals surface area contributed by atoms with Crippen LogP contribution in [0.2, 0.25) is 0 Å². The highest BCUT2D eigenvalue weighted by Gasteiger charge is 2.16. The molecule has 3 aromatic rings. The zero-order valence-electron chi connectivity index (χ0n) is 25.7. The molecular formula is C35H51N3O2. The Kier molecular flexibility index (Phi) is 12.5. The third-order valence-electron chi connectivity index (χ3n) is 7.75. The summed E-state index contributed by atoms with van der Waals surface area (Å²) in [4.78, 5) is 7.60. The van der Waals surface area contributed by atoms with Crippen molar-refractivity contribution in [1.29, 1.82) is 0 Å². The van der Waals surface area contributed by atoms with Crippen LogP contribution in [0.25, 0.3) is 0 Å². The summed E-state index contributed by atoms with van der Waals surface area (Å²) in [7, 11) is 0. The van der Waals surface area contributed by atoms with Gasteiger partial charge in [0.2, 0.25) is 0 Å². The molecule has 3 aromatic carbocycles. The number of nitrogens with zero attached hydrogens (tertiary/aromatic N) is 3. The molecule has 0 saturated heterocycles. The molecule has 0 fully saturated rings.